The van der Waals surface area contributed by atoms with Crippen LogP contribution in [-0.2, 0) is 14.8 Å². The fourth-order valence-corrected chi connectivity index (χ4v) is 2.32. The predicted molar refractivity (Wildman–Crippen MR) is 71.6 cm³/mol. The maximum absolute atomic E-state index is 13.8. The minimum atomic E-state index is -4.09. The fourth-order valence-electron chi connectivity index (χ4n) is 1.28. The largest absolute Gasteiger partial charge is 0.358 e. The van der Waals surface area contributed by atoms with Gasteiger partial charge in [0.05, 0.1) is 13.1 Å². The molecule has 0 saturated heterocycles. The van der Waals surface area contributed by atoms with Gasteiger partial charge in [-0.3, -0.25) is 4.79 Å². The van der Waals surface area contributed by atoms with Crippen LogP contribution < -0.4 is 15.8 Å². The summed E-state index contributed by atoms with van der Waals surface area (Å²) in [5, 5.41) is 2.25. The SMILES string of the molecule is CNC(=O)CNS(=O)(=O)c1ccc(C#CCN)cc1F. The van der Waals surface area contributed by atoms with Crippen LogP contribution in [0.5, 0.6) is 0 Å². The Morgan fingerprint density at radius 1 is 1.45 bits per heavy atom. The summed E-state index contributed by atoms with van der Waals surface area (Å²) in [4.78, 5) is 10.4. The number of carbonyl (C=O) groups is 1. The Hall–Kier alpha value is -1.95. The highest BCUT2D eigenvalue weighted by atomic mass is 32.2. The Kier molecular flexibility index (Phi) is 5.64. The van der Waals surface area contributed by atoms with E-state index in [-0.39, 0.29) is 6.54 Å². The van der Waals surface area contributed by atoms with Crippen molar-refractivity contribution < 1.29 is 17.6 Å². The number of likely N-dealkylation sites (N-methyl/N-ethyl adjacent to an activating group) is 1. The Balaban J connectivity index is 2.99. The molecule has 0 aromatic heterocycles. The average molecular weight is 299 g/mol. The van der Waals surface area contributed by atoms with Crippen LogP contribution in [0.25, 0.3) is 0 Å². The molecule has 1 rings (SSSR count). The zero-order chi connectivity index (χ0) is 15.2. The van der Waals surface area contributed by atoms with Gasteiger partial charge in [-0.1, -0.05) is 11.8 Å². The molecule has 0 aliphatic carbocycles. The molecule has 0 radical (unpaired) electrons. The lowest BCUT2D eigenvalue weighted by atomic mass is 10.2. The molecule has 0 atom stereocenters. The lowest BCUT2D eigenvalue weighted by Crippen LogP contribution is -2.35. The van der Waals surface area contributed by atoms with Gasteiger partial charge in [-0.25, -0.2) is 17.5 Å². The van der Waals surface area contributed by atoms with Crippen LogP contribution in [0, 0.1) is 17.7 Å². The van der Waals surface area contributed by atoms with Crippen molar-refractivity contribution in [3.63, 3.8) is 0 Å². The van der Waals surface area contributed by atoms with Gasteiger partial charge in [0.1, 0.15) is 10.7 Å². The number of amides is 1. The molecule has 0 spiro atoms. The van der Waals surface area contributed by atoms with Crippen molar-refractivity contribution in [1.29, 1.82) is 0 Å². The molecule has 0 bridgehead atoms. The second-order valence-electron chi connectivity index (χ2n) is 3.65. The third kappa shape index (κ3) is 4.31. The number of carbonyl (C=O) groups excluding carboxylic acids is 1. The number of halogens is 1. The molecule has 0 aliphatic rings. The number of hydrogen-bond acceptors (Lipinski definition) is 4. The zero-order valence-electron chi connectivity index (χ0n) is 10.7. The Morgan fingerprint density at radius 2 is 2.15 bits per heavy atom. The van der Waals surface area contributed by atoms with E-state index in [2.05, 4.69) is 17.2 Å². The van der Waals surface area contributed by atoms with Crippen molar-refractivity contribution in [2.45, 2.75) is 4.90 Å². The summed E-state index contributed by atoms with van der Waals surface area (Å²) in [6, 6.07) is 3.44. The smallest absolute Gasteiger partial charge is 0.243 e. The van der Waals surface area contributed by atoms with Crippen molar-refractivity contribution in [1.82, 2.24) is 10.0 Å². The topological polar surface area (TPSA) is 101 Å². The van der Waals surface area contributed by atoms with Crippen molar-refractivity contribution in [2.75, 3.05) is 20.1 Å². The molecule has 0 fully saturated rings. The van der Waals surface area contributed by atoms with E-state index in [9.17, 15) is 17.6 Å². The van der Waals surface area contributed by atoms with E-state index in [0.29, 0.717) is 5.56 Å². The number of rotatable bonds is 4. The van der Waals surface area contributed by atoms with Crippen LogP contribution in [0.3, 0.4) is 0 Å². The van der Waals surface area contributed by atoms with Gasteiger partial charge in [-0.2, -0.15) is 0 Å². The van der Waals surface area contributed by atoms with Gasteiger partial charge in [0.15, 0.2) is 0 Å². The molecule has 0 saturated carbocycles. The molecular formula is C12H14FN3O3S. The molecular weight excluding hydrogens is 285 g/mol. The quantitative estimate of drug-likeness (QED) is 0.631. The van der Waals surface area contributed by atoms with Gasteiger partial charge in [0.25, 0.3) is 0 Å². The molecule has 0 unspecified atom stereocenters. The first-order valence-corrected chi connectivity index (χ1v) is 7.07. The van der Waals surface area contributed by atoms with Gasteiger partial charge >= 0.3 is 0 Å². The van der Waals surface area contributed by atoms with Gasteiger partial charge in [0.2, 0.25) is 15.9 Å². The van der Waals surface area contributed by atoms with E-state index in [0.717, 1.165) is 12.1 Å². The van der Waals surface area contributed by atoms with Gasteiger partial charge in [-0.05, 0) is 18.2 Å². The molecule has 108 valence electrons. The summed E-state index contributed by atoms with van der Waals surface area (Å²) in [5.74, 6) is 3.65. The third-order valence-electron chi connectivity index (χ3n) is 2.26. The lowest BCUT2D eigenvalue weighted by molar-refractivity contribution is -0.119. The van der Waals surface area contributed by atoms with Crippen LogP contribution >= 0.6 is 0 Å². The Morgan fingerprint density at radius 3 is 2.70 bits per heavy atom. The number of hydrogen-bond donors (Lipinski definition) is 3. The van der Waals surface area contributed by atoms with Gasteiger partial charge in [-0.15, -0.1) is 0 Å². The molecule has 0 aliphatic heterocycles. The maximum atomic E-state index is 13.8. The fraction of sp³-hybridized carbons (Fsp3) is 0.250. The van der Waals surface area contributed by atoms with Crippen LogP contribution in [0.2, 0.25) is 0 Å². The maximum Gasteiger partial charge on any atom is 0.243 e. The van der Waals surface area contributed by atoms with Crippen LogP contribution in [0.1, 0.15) is 5.56 Å². The standard InChI is InChI=1S/C12H14FN3O3S/c1-15-12(17)8-16-20(18,19)11-5-4-9(3-2-6-14)7-10(11)13/h4-5,7,16H,6,8,14H2,1H3,(H,15,17). The zero-order valence-corrected chi connectivity index (χ0v) is 11.6. The van der Waals surface area contributed by atoms with E-state index in [1.54, 1.807) is 0 Å². The molecule has 8 heteroatoms. The van der Waals surface area contributed by atoms with Crippen LogP contribution in [-0.4, -0.2) is 34.5 Å². The third-order valence-corrected chi connectivity index (χ3v) is 3.69. The van der Waals surface area contributed by atoms with E-state index < -0.39 is 33.2 Å². The van der Waals surface area contributed by atoms with Crippen molar-refractivity contribution >= 4 is 15.9 Å². The number of sulfonamides is 1. The number of nitrogens with two attached hydrogens (primary N) is 1. The normalized spacial score (nSPS) is 10.6. The van der Waals surface area contributed by atoms with E-state index in [4.69, 9.17) is 5.73 Å². The molecule has 20 heavy (non-hydrogen) atoms. The Labute approximate surface area is 116 Å². The second kappa shape index (κ2) is 7.00. The minimum absolute atomic E-state index is 0.120. The molecule has 1 aromatic rings. The van der Waals surface area contributed by atoms with Crippen LogP contribution in [0.4, 0.5) is 4.39 Å². The van der Waals surface area contributed by atoms with Gasteiger partial charge < -0.3 is 11.1 Å². The highest BCUT2D eigenvalue weighted by Gasteiger charge is 2.19. The first-order valence-electron chi connectivity index (χ1n) is 5.59. The summed E-state index contributed by atoms with van der Waals surface area (Å²) in [6.45, 7) is -0.345. The predicted octanol–water partition coefficient (Wildman–Crippen LogP) is -0.840. The minimum Gasteiger partial charge on any atom is -0.358 e. The summed E-state index contributed by atoms with van der Waals surface area (Å²) >= 11 is 0. The summed E-state index contributed by atoms with van der Waals surface area (Å²) in [6.07, 6.45) is 0. The summed E-state index contributed by atoms with van der Waals surface area (Å²) < 4.78 is 39.4. The lowest BCUT2D eigenvalue weighted by Gasteiger charge is -2.07. The van der Waals surface area contributed by atoms with Crippen LogP contribution in [0.15, 0.2) is 23.1 Å². The highest BCUT2D eigenvalue weighted by Crippen LogP contribution is 2.15. The molecule has 0 heterocycles. The first kappa shape index (κ1) is 16.1. The molecule has 6 nitrogen and oxygen atoms in total. The molecule has 1 aromatic carbocycles. The number of nitrogens with one attached hydrogen (secondary N) is 2. The van der Waals surface area contributed by atoms with E-state index in [1.165, 1.54) is 13.1 Å². The summed E-state index contributed by atoms with van der Waals surface area (Å²) in [5.41, 5.74) is 5.50. The van der Waals surface area contributed by atoms with Crippen molar-refractivity contribution in [3.05, 3.63) is 29.6 Å². The van der Waals surface area contributed by atoms with Gasteiger partial charge in [0, 0.05) is 12.6 Å². The second-order valence-corrected chi connectivity index (χ2v) is 5.38. The number of benzene rings is 1. The van der Waals surface area contributed by atoms with Crippen molar-refractivity contribution in [2.24, 2.45) is 5.73 Å². The first-order chi connectivity index (χ1) is 9.40. The average Bonchev–Trinajstić information content (AvgIpc) is 2.42. The monoisotopic (exact) mass is 299 g/mol. The van der Waals surface area contributed by atoms with E-state index >= 15 is 0 Å². The summed E-state index contributed by atoms with van der Waals surface area (Å²) in [7, 11) is -2.73. The van der Waals surface area contributed by atoms with E-state index in [1.807, 2.05) is 4.72 Å². The Bertz CT molecular complexity index is 662. The van der Waals surface area contributed by atoms with Crippen molar-refractivity contribution in [3.8, 4) is 11.8 Å². The molecule has 4 N–H and O–H groups in total. The molecule has 1 amide bonds. The highest BCUT2D eigenvalue weighted by molar-refractivity contribution is 7.89.